The number of fused-ring (bicyclic) bond motifs is 10. The van der Waals surface area contributed by atoms with Gasteiger partial charge in [0.15, 0.2) is 30.7 Å². The van der Waals surface area contributed by atoms with Crippen molar-refractivity contribution in [2.45, 2.75) is 193 Å². The second kappa shape index (κ2) is 30.5. The molecule has 506 valence electrons. The Morgan fingerprint density at radius 3 is 1.57 bits per heavy atom. The molecule has 8 rings (SSSR count). The van der Waals surface area contributed by atoms with Crippen LogP contribution in [0.2, 0.25) is 0 Å². The van der Waals surface area contributed by atoms with Gasteiger partial charge in [0.2, 0.25) is 29.3 Å². The van der Waals surface area contributed by atoms with E-state index in [2.05, 4.69) is 24.2 Å². The summed E-state index contributed by atoms with van der Waals surface area (Å²) in [6, 6.07) is -0.882. The molecule has 0 unspecified atom stereocenters. The number of rotatable bonds is 20. The molecule has 6 fully saturated rings. The summed E-state index contributed by atoms with van der Waals surface area (Å²) in [7, 11) is 0. The first-order valence-electron chi connectivity index (χ1n) is 30.8. The van der Waals surface area contributed by atoms with Gasteiger partial charge in [0.05, 0.1) is 18.0 Å². The molecule has 6 saturated carbocycles. The Morgan fingerprint density at radius 1 is 0.744 bits per heavy atom. The lowest BCUT2D eigenvalue weighted by molar-refractivity contribution is -0.192. The van der Waals surface area contributed by atoms with E-state index in [1.165, 1.54) is 0 Å². The minimum absolute atomic E-state index is 0.0205. The molecule has 16 atom stereocenters. The van der Waals surface area contributed by atoms with E-state index in [1.54, 1.807) is 19.1 Å². The number of ether oxygens (including phenoxy) is 2. The number of halogens is 4. The highest BCUT2D eigenvalue weighted by Crippen LogP contribution is 2.69. The maximum absolute atomic E-state index is 13.5. The lowest BCUT2D eigenvalue weighted by atomic mass is 9.45. The molecule has 0 bridgehead atoms. The third kappa shape index (κ3) is 16.5. The van der Waals surface area contributed by atoms with E-state index in [0.717, 1.165) is 61.4 Å². The maximum Gasteiger partial charge on any atom is 0.490 e. The summed E-state index contributed by atoms with van der Waals surface area (Å²) in [4.78, 5) is 121. The smallest absolute Gasteiger partial charge is 0.475 e. The molecule has 0 saturated heterocycles. The lowest BCUT2D eigenvalue weighted by Gasteiger charge is -2.60. The highest BCUT2D eigenvalue weighted by Gasteiger charge is 2.70. The van der Waals surface area contributed by atoms with Crippen LogP contribution >= 0.6 is 23.4 Å². The van der Waals surface area contributed by atoms with Crippen molar-refractivity contribution in [1.29, 1.82) is 0 Å². The summed E-state index contributed by atoms with van der Waals surface area (Å²) < 4.78 is 41.9. The van der Waals surface area contributed by atoms with Gasteiger partial charge in [-0.05, 0) is 155 Å². The zero-order valence-electron chi connectivity index (χ0n) is 52.2. The Balaban J connectivity index is 0.000000289. The number of allylic oxidation sites excluding steroid dienone is 2. The zero-order chi connectivity index (χ0) is 67.7. The van der Waals surface area contributed by atoms with Crippen LogP contribution in [0.15, 0.2) is 28.3 Å². The van der Waals surface area contributed by atoms with E-state index in [9.17, 15) is 76.7 Å². The first kappa shape index (κ1) is 75.2. The predicted octanol–water partition coefficient (Wildman–Crippen LogP) is 4.20. The Labute approximate surface area is 531 Å². The quantitative estimate of drug-likeness (QED) is 0.0268. The van der Waals surface area contributed by atoms with E-state index in [-0.39, 0.29) is 106 Å². The van der Waals surface area contributed by atoms with Crippen LogP contribution in [0, 0.1) is 63.1 Å². The fraction of sp³-hybridized carbons (Fsp3) is 0.758. The Kier molecular flexibility index (Phi) is 25.5. The number of carboxylic acid groups (broad SMARTS) is 1. The van der Waals surface area contributed by atoms with Crippen LogP contribution in [0.1, 0.15) is 157 Å². The van der Waals surface area contributed by atoms with Crippen molar-refractivity contribution >= 4 is 88.1 Å². The molecule has 8 aliphatic rings. The second-order valence-electron chi connectivity index (χ2n) is 26.6. The number of Topliss-reactive ketones (excluding diaryl/α,β-unsaturated/α-hetero) is 2. The van der Waals surface area contributed by atoms with Gasteiger partial charge in [-0.1, -0.05) is 52.7 Å². The van der Waals surface area contributed by atoms with Crippen molar-refractivity contribution in [3.8, 4) is 0 Å². The number of esters is 2. The third-order valence-corrected chi connectivity index (χ3v) is 22.6. The molecule has 0 aromatic rings. The van der Waals surface area contributed by atoms with Crippen LogP contribution in [-0.2, 0) is 57.4 Å². The number of nitrogens with one attached hydrogen (secondary N) is 1. The van der Waals surface area contributed by atoms with Crippen molar-refractivity contribution in [2.24, 2.45) is 91.0 Å². The van der Waals surface area contributed by atoms with E-state index in [1.807, 2.05) is 20.8 Å². The lowest BCUT2D eigenvalue weighted by Crippen LogP contribution is -2.62. The largest absolute Gasteiger partial charge is 0.490 e. The Bertz CT molecular complexity index is 2820. The van der Waals surface area contributed by atoms with Gasteiger partial charge in [0.1, 0.15) is 23.1 Å². The van der Waals surface area contributed by atoms with Gasteiger partial charge in [0.25, 0.3) is 0 Å². The van der Waals surface area contributed by atoms with Crippen LogP contribution in [0.5, 0.6) is 0 Å². The second-order valence-corrected chi connectivity index (χ2v) is 27.9. The van der Waals surface area contributed by atoms with Crippen LogP contribution < -0.4 is 28.3 Å². The summed E-state index contributed by atoms with van der Waals surface area (Å²) in [6.45, 7) is 10.9. The Hall–Kier alpha value is -5.48. The monoisotopic (exact) mass is 1320 g/mol. The van der Waals surface area contributed by atoms with Crippen molar-refractivity contribution in [1.82, 2.24) is 5.32 Å². The number of nitrogens with two attached hydrogens (primary N) is 4. The number of amides is 3. The SMILES string of the molecule is CCCC(N)=O.C[C@@H](CSCC(=O)OCC(=O)[C@@]1(O)CC[C@H]2[C@@H]3CCC4=CC(=O)CC[C@]4(C)[C@H]3[C@@H](O)C[C@@]21C)C(=O)N[C@H](CCCN=C(N)N)C(N)=O.C[C@]12CCC(=O)C=C1CC[C@@H]1[C@@H]2[C@@H](O)C[C@@]2(C)[C@H]1CC[C@]2(O)C(=O)COC(=O)CCl.O=C(O)C(F)(F)F. The minimum atomic E-state index is -5.08. The summed E-state index contributed by atoms with van der Waals surface area (Å²) in [5, 5.41) is 56.0. The molecule has 0 aliphatic heterocycles. The summed E-state index contributed by atoms with van der Waals surface area (Å²) in [6.07, 6.45) is 7.29. The molecule has 14 N–H and O–H groups in total. The number of hydrogen-bond donors (Lipinski definition) is 10. The molecule has 0 spiro atoms. The first-order chi connectivity index (χ1) is 41.8. The van der Waals surface area contributed by atoms with Crippen LogP contribution in [0.3, 0.4) is 0 Å². The molecule has 0 radical (unpaired) electrons. The maximum atomic E-state index is 13.5. The number of hydrogen-bond acceptors (Lipinski definition) is 18. The van der Waals surface area contributed by atoms with Gasteiger partial charge in [-0.2, -0.15) is 13.2 Å². The average molecular weight is 1320 g/mol. The van der Waals surface area contributed by atoms with E-state index < -0.39 is 107 Å². The van der Waals surface area contributed by atoms with Crippen LogP contribution in [0.4, 0.5) is 13.2 Å². The van der Waals surface area contributed by atoms with Crippen molar-refractivity contribution < 1.29 is 96.1 Å². The molecule has 23 nitrogen and oxygen atoms in total. The zero-order valence-corrected chi connectivity index (χ0v) is 53.8. The number of guanidine groups is 1. The fourth-order valence-electron chi connectivity index (χ4n) is 16.7. The Morgan fingerprint density at radius 2 is 1.19 bits per heavy atom. The number of thioether (sulfide) groups is 1. The number of aliphatic imine (C=N–C) groups is 1. The number of aliphatic hydroxyl groups is 4. The van der Waals surface area contributed by atoms with E-state index in [0.29, 0.717) is 64.3 Å². The number of aliphatic carboxylic acids is 1. The number of alkyl halides is 4. The topological polar surface area (TPSA) is 419 Å². The number of ketones is 4. The summed E-state index contributed by atoms with van der Waals surface area (Å²) >= 11 is 6.58. The number of primary amides is 2. The minimum Gasteiger partial charge on any atom is -0.475 e. The normalized spacial score (nSPS) is 34.2. The number of carbonyl (C=O) groups excluding carboxylic acids is 9. The van der Waals surface area contributed by atoms with Gasteiger partial charge in [-0.3, -0.25) is 48.1 Å². The van der Waals surface area contributed by atoms with Crippen LogP contribution in [-0.4, -0.2) is 163 Å². The number of aliphatic hydroxyl groups excluding tert-OH is 2. The first-order valence-corrected chi connectivity index (χ1v) is 32.5. The average Bonchev–Trinajstić information content (AvgIpc) is 1.37. The molecular formula is C62H92ClF3N6O17S. The van der Waals surface area contributed by atoms with Gasteiger partial charge < -0.3 is 63.3 Å². The van der Waals surface area contributed by atoms with Gasteiger partial charge >= 0.3 is 24.1 Å². The predicted molar refractivity (Wildman–Crippen MR) is 324 cm³/mol. The summed E-state index contributed by atoms with van der Waals surface area (Å²) in [5.41, 5.74) is 17.5. The molecule has 3 amide bonds. The molecule has 8 aliphatic carbocycles. The molecular weight excluding hydrogens is 1230 g/mol. The number of carboxylic acids is 1. The van der Waals surface area contributed by atoms with Crippen molar-refractivity contribution in [3.63, 3.8) is 0 Å². The fourth-order valence-corrected chi connectivity index (χ4v) is 17.6. The van der Waals surface area contributed by atoms with Gasteiger partial charge in [-0.15, -0.1) is 23.4 Å². The van der Waals surface area contributed by atoms with Crippen molar-refractivity contribution in [3.05, 3.63) is 23.3 Å². The van der Waals surface area contributed by atoms with Crippen LogP contribution in [0.25, 0.3) is 0 Å². The van der Waals surface area contributed by atoms with E-state index in [4.69, 9.17) is 53.9 Å². The van der Waals surface area contributed by atoms with Crippen molar-refractivity contribution in [2.75, 3.05) is 37.1 Å². The van der Waals surface area contributed by atoms with E-state index >= 15 is 0 Å². The van der Waals surface area contributed by atoms with Gasteiger partial charge in [-0.25, -0.2) is 4.79 Å². The molecule has 28 heteroatoms. The molecule has 0 aromatic carbocycles. The molecule has 90 heavy (non-hydrogen) atoms. The summed E-state index contributed by atoms with van der Waals surface area (Å²) in [5.74, 6) is -6.57. The molecule has 0 aromatic heterocycles. The number of carbonyl (C=O) groups is 10. The standard InChI is InChI=1S/C33H51N5O8S.C23H31ClO6.C4H9NO.C2HF3O2/c1-18(29(44)38-23(28(34)43)5-4-12-37-30(35)36)16-47-17-26(42)46-15-25(41)33(45)11-9-22-21-7-6-19-13-20(39)8-10-31(19,2)27(21)24(40)14-32(22,33)3;1-21-7-5-14(25)9-13(21)3-4-15-16-6-8-23(29,18(27)12-30-19(28)11-24)22(16,2)10-17(26)20(15)21;1-2-3-4(5)6;3-2(4,5)1(6)7/h13,18,21-24,27,40,45H,4-12,14-17H2,1-3H3,(H2,34,43)(H,38,44)(H4,35,36,37);9,15-17,20,26,29H,3-8,10-12H2,1-2H3;2-3H2,1H3,(H2,5,6);(H,6,7)/t18-,21-,22-,23+,24-,27+,31-,32-,33-;15-,16-,17-,20+,21-,22-,23-;;/m00../s1. The third-order valence-electron chi connectivity index (χ3n) is 21.2. The van der Waals surface area contributed by atoms with Gasteiger partial charge in [0, 0.05) is 48.3 Å². The highest BCUT2D eigenvalue weighted by molar-refractivity contribution is 7.99. The highest BCUT2D eigenvalue weighted by atomic mass is 35.5. The molecule has 0 heterocycles. The number of nitrogens with zero attached hydrogens (tertiary/aromatic N) is 1.